The van der Waals surface area contributed by atoms with Gasteiger partial charge in [-0.1, -0.05) is 48.5 Å². The lowest BCUT2D eigenvalue weighted by atomic mass is 10.0. The van der Waals surface area contributed by atoms with Gasteiger partial charge >= 0.3 is 0 Å². The molecule has 0 N–H and O–H groups in total. The van der Waals surface area contributed by atoms with E-state index in [4.69, 9.17) is 0 Å². The van der Waals surface area contributed by atoms with Gasteiger partial charge in [0.2, 0.25) is 5.91 Å². The molecule has 1 heterocycles. The number of likely N-dealkylation sites (N-methyl/N-ethyl adjacent to an activating group) is 1. The van der Waals surface area contributed by atoms with E-state index in [1.807, 2.05) is 29.2 Å². The molecule has 0 radical (unpaired) electrons. The van der Waals surface area contributed by atoms with Crippen LogP contribution in [0.5, 0.6) is 0 Å². The molecule has 1 aliphatic heterocycles. The number of rotatable bonds is 6. The van der Waals surface area contributed by atoms with Gasteiger partial charge in [-0.2, -0.15) is 0 Å². The molecule has 1 aliphatic rings. The summed E-state index contributed by atoms with van der Waals surface area (Å²) >= 11 is 0. The van der Waals surface area contributed by atoms with Crippen molar-refractivity contribution in [3.63, 3.8) is 0 Å². The molecule has 1 atom stereocenters. The molecule has 26 heavy (non-hydrogen) atoms. The summed E-state index contributed by atoms with van der Waals surface area (Å²) in [6.07, 6.45) is 0. The van der Waals surface area contributed by atoms with Crippen molar-refractivity contribution in [3.8, 4) is 0 Å². The van der Waals surface area contributed by atoms with Crippen LogP contribution in [0.1, 0.15) is 25.5 Å². The third-order valence-corrected chi connectivity index (χ3v) is 5.23. The highest BCUT2D eigenvalue weighted by Gasteiger charge is 2.32. The standard InChI is InChI=1S/C22H29N3O/c1-3-23(4-2)22(26)21(19-11-7-5-8-12-19)25-17-15-24(16-18-25)20-13-9-6-10-14-20/h5-14,21H,3-4,15-18H2,1-2H3. The van der Waals surface area contributed by atoms with Crippen LogP contribution in [0.2, 0.25) is 0 Å². The molecular formula is C22H29N3O. The number of carbonyl (C=O) groups excluding carboxylic acids is 1. The first-order chi connectivity index (χ1) is 12.7. The average molecular weight is 351 g/mol. The second kappa shape index (κ2) is 8.86. The monoisotopic (exact) mass is 351 g/mol. The van der Waals surface area contributed by atoms with Crippen molar-refractivity contribution in [1.29, 1.82) is 0 Å². The van der Waals surface area contributed by atoms with Crippen LogP contribution in [-0.4, -0.2) is 55.0 Å². The van der Waals surface area contributed by atoms with Crippen molar-refractivity contribution in [2.45, 2.75) is 19.9 Å². The van der Waals surface area contributed by atoms with Crippen molar-refractivity contribution >= 4 is 11.6 Å². The van der Waals surface area contributed by atoms with Crippen LogP contribution in [0.15, 0.2) is 60.7 Å². The number of anilines is 1. The van der Waals surface area contributed by atoms with Crippen LogP contribution >= 0.6 is 0 Å². The van der Waals surface area contributed by atoms with Crippen molar-refractivity contribution in [3.05, 3.63) is 66.2 Å². The number of piperazine rings is 1. The maximum absolute atomic E-state index is 13.2. The minimum atomic E-state index is -0.186. The summed E-state index contributed by atoms with van der Waals surface area (Å²) in [5, 5.41) is 0. The fraction of sp³-hybridized carbons (Fsp3) is 0.409. The van der Waals surface area contributed by atoms with Crippen LogP contribution in [0, 0.1) is 0 Å². The molecule has 1 fully saturated rings. The normalized spacial score (nSPS) is 16.3. The Balaban J connectivity index is 1.77. The lowest BCUT2D eigenvalue weighted by Crippen LogP contribution is -2.51. The second-order valence-corrected chi connectivity index (χ2v) is 6.68. The summed E-state index contributed by atoms with van der Waals surface area (Å²) in [6.45, 7) is 9.28. The van der Waals surface area contributed by atoms with Crippen molar-refractivity contribution in [1.82, 2.24) is 9.80 Å². The molecule has 4 nitrogen and oxygen atoms in total. The SMILES string of the molecule is CCN(CC)C(=O)C(c1ccccc1)N1CCN(c2ccccc2)CC1. The van der Waals surface area contributed by atoms with Crippen molar-refractivity contribution in [2.24, 2.45) is 0 Å². The molecule has 0 aromatic heterocycles. The summed E-state index contributed by atoms with van der Waals surface area (Å²) < 4.78 is 0. The van der Waals surface area contributed by atoms with Gasteiger partial charge in [-0.15, -0.1) is 0 Å². The van der Waals surface area contributed by atoms with Crippen molar-refractivity contribution < 1.29 is 4.79 Å². The maximum atomic E-state index is 13.2. The predicted molar refractivity (Wildman–Crippen MR) is 107 cm³/mol. The molecule has 2 aromatic carbocycles. The predicted octanol–water partition coefficient (Wildman–Crippen LogP) is 3.42. The van der Waals surface area contributed by atoms with E-state index in [2.05, 4.69) is 60.0 Å². The Bertz CT molecular complexity index is 677. The van der Waals surface area contributed by atoms with Crippen LogP contribution in [0.4, 0.5) is 5.69 Å². The zero-order valence-electron chi connectivity index (χ0n) is 15.8. The Morgan fingerprint density at radius 3 is 1.96 bits per heavy atom. The first-order valence-electron chi connectivity index (χ1n) is 9.62. The molecule has 0 aliphatic carbocycles. The van der Waals surface area contributed by atoms with Gasteiger partial charge in [0.25, 0.3) is 0 Å². The van der Waals surface area contributed by atoms with Crippen LogP contribution in [-0.2, 0) is 4.79 Å². The van der Waals surface area contributed by atoms with Gasteiger partial charge in [0.05, 0.1) is 0 Å². The quantitative estimate of drug-likeness (QED) is 0.798. The Morgan fingerprint density at radius 2 is 1.42 bits per heavy atom. The second-order valence-electron chi connectivity index (χ2n) is 6.68. The molecule has 138 valence electrons. The Labute approximate surface area is 157 Å². The molecule has 2 aromatic rings. The van der Waals surface area contributed by atoms with Crippen LogP contribution in [0.3, 0.4) is 0 Å². The molecule has 1 amide bonds. The van der Waals surface area contributed by atoms with Gasteiger partial charge in [0.1, 0.15) is 6.04 Å². The minimum Gasteiger partial charge on any atom is -0.369 e. The average Bonchev–Trinajstić information content (AvgIpc) is 2.71. The molecule has 0 bridgehead atoms. The van der Waals surface area contributed by atoms with E-state index in [0.29, 0.717) is 0 Å². The zero-order valence-corrected chi connectivity index (χ0v) is 15.8. The fourth-order valence-electron chi connectivity index (χ4n) is 3.73. The number of amides is 1. The van der Waals surface area contributed by atoms with Gasteiger partial charge in [-0.05, 0) is 31.5 Å². The fourth-order valence-corrected chi connectivity index (χ4v) is 3.73. The molecule has 1 unspecified atom stereocenters. The van der Waals surface area contributed by atoms with E-state index in [-0.39, 0.29) is 11.9 Å². The van der Waals surface area contributed by atoms with Gasteiger partial charge in [0, 0.05) is 45.0 Å². The van der Waals surface area contributed by atoms with E-state index in [1.165, 1.54) is 5.69 Å². The summed E-state index contributed by atoms with van der Waals surface area (Å²) in [4.78, 5) is 19.9. The molecule has 1 saturated heterocycles. The van der Waals surface area contributed by atoms with E-state index in [9.17, 15) is 4.79 Å². The molecular weight excluding hydrogens is 322 g/mol. The van der Waals surface area contributed by atoms with E-state index in [1.54, 1.807) is 0 Å². The van der Waals surface area contributed by atoms with Gasteiger partial charge in [0.15, 0.2) is 0 Å². The van der Waals surface area contributed by atoms with E-state index < -0.39 is 0 Å². The minimum absolute atomic E-state index is 0.186. The third kappa shape index (κ3) is 4.07. The number of carbonyl (C=O) groups is 1. The van der Waals surface area contributed by atoms with Gasteiger partial charge < -0.3 is 9.80 Å². The first kappa shape index (κ1) is 18.5. The summed E-state index contributed by atoms with van der Waals surface area (Å²) in [5.41, 5.74) is 2.36. The molecule has 0 saturated carbocycles. The van der Waals surface area contributed by atoms with E-state index >= 15 is 0 Å². The number of hydrogen-bond acceptors (Lipinski definition) is 3. The third-order valence-electron chi connectivity index (χ3n) is 5.23. The maximum Gasteiger partial charge on any atom is 0.244 e. The number of para-hydroxylation sites is 1. The van der Waals surface area contributed by atoms with Gasteiger partial charge in [-0.3, -0.25) is 9.69 Å². The Kier molecular flexibility index (Phi) is 6.29. The highest BCUT2D eigenvalue weighted by Crippen LogP contribution is 2.26. The highest BCUT2D eigenvalue weighted by atomic mass is 16.2. The van der Waals surface area contributed by atoms with Crippen LogP contribution in [0.25, 0.3) is 0 Å². The first-order valence-corrected chi connectivity index (χ1v) is 9.62. The summed E-state index contributed by atoms with van der Waals surface area (Å²) in [7, 11) is 0. The Morgan fingerprint density at radius 1 is 0.885 bits per heavy atom. The smallest absolute Gasteiger partial charge is 0.244 e. The largest absolute Gasteiger partial charge is 0.369 e. The molecule has 4 heteroatoms. The zero-order chi connectivity index (χ0) is 18.4. The Hall–Kier alpha value is -2.33. The lowest BCUT2D eigenvalue weighted by molar-refractivity contribution is -0.137. The van der Waals surface area contributed by atoms with E-state index in [0.717, 1.165) is 44.8 Å². The number of nitrogens with zero attached hydrogens (tertiary/aromatic N) is 3. The summed E-state index contributed by atoms with van der Waals surface area (Å²) in [5.74, 6) is 0.217. The van der Waals surface area contributed by atoms with Crippen LogP contribution < -0.4 is 4.90 Å². The topological polar surface area (TPSA) is 26.8 Å². The van der Waals surface area contributed by atoms with Crippen molar-refractivity contribution in [2.75, 3.05) is 44.2 Å². The van der Waals surface area contributed by atoms with Gasteiger partial charge in [-0.25, -0.2) is 0 Å². The molecule has 0 spiro atoms. The highest BCUT2D eigenvalue weighted by molar-refractivity contribution is 5.83. The number of hydrogen-bond donors (Lipinski definition) is 0. The number of benzene rings is 2. The molecule has 3 rings (SSSR count). The summed E-state index contributed by atoms with van der Waals surface area (Å²) in [6, 6.07) is 20.6. The lowest BCUT2D eigenvalue weighted by Gasteiger charge is -2.41.